The smallest absolute Gasteiger partial charge is 0.264 e. The molecule has 0 aromatic heterocycles. The van der Waals surface area contributed by atoms with E-state index in [0.29, 0.717) is 23.4 Å². The molecule has 5 nitrogen and oxygen atoms in total. The predicted octanol–water partition coefficient (Wildman–Crippen LogP) is 4.62. The second kappa shape index (κ2) is 8.65. The van der Waals surface area contributed by atoms with Gasteiger partial charge in [-0.25, -0.2) is 8.42 Å². The van der Waals surface area contributed by atoms with Crippen LogP contribution in [0.25, 0.3) is 0 Å². The molecule has 2 bridgehead atoms. The van der Waals surface area contributed by atoms with Crippen molar-refractivity contribution in [3.8, 4) is 0 Å². The van der Waals surface area contributed by atoms with E-state index in [1.807, 2.05) is 19.1 Å². The van der Waals surface area contributed by atoms with Crippen LogP contribution in [0, 0.1) is 18.8 Å². The van der Waals surface area contributed by atoms with Gasteiger partial charge in [-0.2, -0.15) is 0 Å². The fourth-order valence-electron chi connectivity index (χ4n) is 4.98. The van der Waals surface area contributed by atoms with Gasteiger partial charge in [-0.1, -0.05) is 50.1 Å². The number of hydrogen-bond donors (Lipinski definition) is 1. The Morgan fingerprint density at radius 3 is 2.26 bits per heavy atom. The Bertz CT molecular complexity index is 1030. The van der Waals surface area contributed by atoms with Crippen LogP contribution < -0.4 is 9.62 Å². The number of sulfonamides is 1. The van der Waals surface area contributed by atoms with E-state index in [1.54, 1.807) is 36.4 Å². The van der Waals surface area contributed by atoms with Crippen LogP contribution >= 0.6 is 0 Å². The van der Waals surface area contributed by atoms with Gasteiger partial charge in [-0.05, 0) is 73.8 Å². The van der Waals surface area contributed by atoms with Crippen molar-refractivity contribution in [2.45, 2.75) is 63.3 Å². The van der Waals surface area contributed by atoms with E-state index in [9.17, 15) is 13.2 Å². The number of anilines is 1. The van der Waals surface area contributed by atoms with Gasteiger partial charge < -0.3 is 5.32 Å². The zero-order valence-corrected chi connectivity index (χ0v) is 19.4. The zero-order valence-electron chi connectivity index (χ0n) is 18.5. The van der Waals surface area contributed by atoms with Gasteiger partial charge in [0, 0.05) is 6.04 Å². The lowest BCUT2D eigenvalue weighted by Crippen LogP contribution is -2.46. The van der Waals surface area contributed by atoms with Crippen LogP contribution in [0.1, 0.15) is 56.6 Å². The zero-order chi connectivity index (χ0) is 22.2. The molecule has 2 aromatic rings. The largest absolute Gasteiger partial charge is 0.352 e. The van der Waals surface area contributed by atoms with Crippen molar-refractivity contribution in [3.05, 3.63) is 59.7 Å². The van der Waals surface area contributed by atoms with Crippen molar-refractivity contribution in [3.63, 3.8) is 0 Å². The number of nitrogens with one attached hydrogen (secondary N) is 1. The van der Waals surface area contributed by atoms with Crippen molar-refractivity contribution < 1.29 is 13.2 Å². The number of aryl methyl sites for hydroxylation is 1. The number of benzene rings is 2. The normalized spacial score (nSPS) is 22.6. The highest BCUT2D eigenvalue weighted by molar-refractivity contribution is 7.92. The third-order valence-electron chi connectivity index (χ3n) is 6.83. The van der Waals surface area contributed by atoms with Crippen molar-refractivity contribution in [2.75, 3.05) is 10.8 Å². The molecule has 1 N–H and O–H groups in total. The minimum absolute atomic E-state index is 0.179. The maximum absolute atomic E-state index is 13.5. The Balaban J connectivity index is 1.60. The number of hydrogen-bond acceptors (Lipinski definition) is 3. The number of amides is 1. The monoisotopic (exact) mass is 440 g/mol. The van der Waals surface area contributed by atoms with E-state index >= 15 is 0 Å². The number of rotatable bonds is 7. The number of nitrogens with zero attached hydrogens (tertiary/aromatic N) is 1. The van der Waals surface area contributed by atoms with Gasteiger partial charge in [-0.15, -0.1) is 0 Å². The Labute approximate surface area is 185 Å². The van der Waals surface area contributed by atoms with Crippen LogP contribution in [-0.4, -0.2) is 26.9 Å². The molecular formula is C25H32N2O3S. The van der Waals surface area contributed by atoms with E-state index in [0.717, 1.165) is 24.0 Å². The van der Waals surface area contributed by atoms with Crippen molar-refractivity contribution in [1.82, 2.24) is 5.32 Å². The molecule has 2 saturated carbocycles. The van der Waals surface area contributed by atoms with E-state index in [2.05, 4.69) is 19.2 Å². The molecule has 31 heavy (non-hydrogen) atoms. The predicted molar refractivity (Wildman–Crippen MR) is 124 cm³/mol. The second-order valence-corrected chi connectivity index (χ2v) is 11.3. The average molecular weight is 441 g/mol. The highest BCUT2D eigenvalue weighted by Crippen LogP contribution is 2.44. The van der Waals surface area contributed by atoms with Gasteiger partial charge in [-0.3, -0.25) is 9.10 Å². The Kier molecular flexibility index (Phi) is 6.11. The third-order valence-corrected chi connectivity index (χ3v) is 8.62. The minimum atomic E-state index is -3.87. The topological polar surface area (TPSA) is 66.5 Å². The first-order valence-electron chi connectivity index (χ1n) is 11.2. The molecule has 2 aromatic carbocycles. The summed E-state index contributed by atoms with van der Waals surface area (Å²) in [5.41, 5.74) is 2.62. The van der Waals surface area contributed by atoms with Gasteiger partial charge in [0.25, 0.3) is 10.0 Å². The Morgan fingerprint density at radius 1 is 1.03 bits per heavy atom. The van der Waals surface area contributed by atoms with Crippen molar-refractivity contribution in [2.24, 2.45) is 11.8 Å². The van der Waals surface area contributed by atoms with E-state index in [4.69, 9.17) is 0 Å². The molecule has 2 aliphatic rings. The summed E-state index contributed by atoms with van der Waals surface area (Å²) < 4.78 is 28.3. The number of carbonyl (C=O) groups is 1. The molecule has 6 heteroatoms. The molecule has 166 valence electrons. The first kappa shape index (κ1) is 21.9. The van der Waals surface area contributed by atoms with Gasteiger partial charge in [0.2, 0.25) is 5.91 Å². The van der Waals surface area contributed by atoms with Crippen molar-refractivity contribution in [1.29, 1.82) is 0 Å². The molecule has 0 heterocycles. The SMILES string of the molecule is Cc1ccc(S(=O)(=O)N(CC(=O)N[C@@H]2C[C@@H]3CC[C@H]2C3)c2ccc(C(C)C)cc2)cc1. The van der Waals surface area contributed by atoms with Crippen LogP contribution in [-0.2, 0) is 14.8 Å². The molecule has 0 radical (unpaired) electrons. The van der Waals surface area contributed by atoms with E-state index in [-0.39, 0.29) is 23.4 Å². The summed E-state index contributed by atoms with van der Waals surface area (Å²) in [7, 11) is -3.87. The van der Waals surface area contributed by atoms with Crippen LogP contribution in [0.15, 0.2) is 53.4 Å². The lowest BCUT2D eigenvalue weighted by molar-refractivity contribution is -0.120. The number of fused-ring (bicyclic) bond motifs is 2. The molecule has 2 aliphatic carbocycles. The Hall–Kier alpha value is -2.34. The quantitative estimate of drug-likeness (QED) is 0.683. The van der Waals surface area contributed by atoms with Crippen LogP contribution in [0.2, 0.25) is 0 Å². The van der Waals surface area contributed by atoms with Gasteiger partial charge in [0.15, 0.2) is 0 Å². The maximum atomic E-state index is 13.5. The Morgan fingerprint density at radius 2 is 1.71 bits per heavy atom. The molecule has 1 amide bonds. The first-order valence-corrected chi connectivity index (χ1v) is 12.7. The molecule has 3 atom stereocenters. The second-order valence-electron chi connectivity index (χ2n) is 9.42. The molecular weight excluding hydrogens is 408 g/mol. The molecule has 0 aliphatic heterocycles. The standard InChI is InChI=1S/C25H32N2O3S/c1-17(2)20-8-10-22(11-9-20)27(31(29,30)23-12-4-18(3)5-13-23)16-25(28)26-24-15-19-6-7-21(24)14-19/h4-5,8-13,17,19,21,24H,6-7,14-16H2,1-3H3,(H,26,28)/t19-,21+,24-/m1/s1. The molecule has 4 rings (SSSR count). The van der Waals surface area contributed by atoms with Gasteiger partial charge >= 0.3 is 0 Å². The minimum Gasteiger partial charge on any atom is -0.352 e. The van der Waals surface area contributed by atoms with E-state index < -0.39 is 10.0 Å². The van der Waals surface area contributed by atoms with Gasteiger partial charge in [0.1, 0.15) is 6.54 Å². The molecule has 0 saturated heterocycles. The lowest BCUT2D eigenvalue weighted by atomic mass is 9.95. The number of carbonyl (C=O) groups excluding carboxylic acids is 1. The highest BCUT2D eigenvalue weighted by atomic mass is 32.2. The summed E-state index contributed by atoms with van der Waals surface area (Å²) in [6.45, 7) is 5.89. The van der Waals surface area contributed by atoms with Crippen molar-refractivity contribution >= 4 is 21.6 Å². The fourth-order valence-corrected chi connectivity index (χ4v) is 6.40. The summed E-state index contributed by atoms with van der Waals surface area (Å²) in [6.07, 6.45) is 4.63. The fraction of sp³-hybridized carbons (Fsp3) is 0.480. The summed E-state index contributed by atoms with van der Waals surface area (Å²) in [6, 6.07) is 14.4. The molecule has 0 unspecified atom stereocenters. The van der Waals surface area contributed by atoms with Crippen LogP contribution in [0.3, 0.4) is 0 Å². The first-order chi connectivity index (χ1) is 14.7. The third kappa shape index (κ3) is 4.64. The van der Waals surface area contributed by atoms with E-state index in [1.165, 1.54) is 17.1 Å². The maximum Gasteiger partial charge on any atom is 0.264 e. The highest BCUT2D eigenvalue weighted by Gasteiger charge is 2.40. The molecule has 0 spiro atoms. The van der Waals surface area contributed by atoms with Gasteiger partial charge in [0.05, 0.1) is 10.6 Å². The summed E-state index contributed by atoms with van der Waals surface area (Å²) in [4.78, 5) is 13.1. The summed E-state index contributed by atoms with van der Waals surface area (Å²) in [5.74, 6) is 1.37. The van der Waals surface area contributed by atoms with Crippen LogP contribution in [0.5, 0.6) is 0 Å². The van der Waals surface area contributed by atoms with Crippen LogP contribution in [0.4, 0.5) is 5.69 Å². The lowest BCUT2D eigenvalue weighted by Gasteiger charge is -2.27. The summed E-state index contributed by atoms with van der Waals surface area (Å²) in [5, 5.41) is 3.13. The molecule has 2 fully saturated rings. The average Bonchev–Trinajstić information content (AvgIpc) is 3.35. The summed E-state index contributed by atoms with van der Waals surface area (Å²) >= 11 is 0.